The fraction of sp³-hybridized carbons (Fsp3) is 0.533. The lowest BCUT2D eigenvalue weighted by molar-refractivity contribution is 0.0698. The van der Waals surface area contributed by atoms with Gasteiger partial charge in [0.15, 0.2) is 0 Å². The molecule has 1 heterocycles. The Morgan fingerprint density at radius 3 is 2.67 bits per heavy atom. The number of hydrogen-bond donors (Lipinski definition) is 1. The van der Waals surface area contributed by atoms with Crippen molar-refractivity contribution in [1.29, 1.82) is 0 Å². The van der Waals surface area contributed by atoms with Crippen LogP contribution in [0.1, 0.15) is 48.5 Å². The van der Waals surface area contributed by atoms with Crippen LogP contribution in [-0.4, -0.2) is 23.4 Å². The lowest BCUT2D eigenvalue weighted by atomic mass is 10.1. The fourth-order valence-electron chi connectivity index (χ4n) is 2.53. The molecule has 0 radical (unpaired) electrons. The van der Waals surface area contributed by atoms with Crippen molar-refractivity contribution in [2.24, 2.45) is 5.73 Å². The molecular weight excluding hydrogens is 224 g/mol. The largest absolute Gasteiger partial charge is 0.336 e. The molecule has 3 heteroatoms. The Balaban J connectivity index is 2.13. The minimum Gasteiger partial charge on any atom is -0.336 e. The Bertz CT molecular complexity index is 399. The molecule has 0 spiro atoms. The summed E-state index contributed by atoms with van der Waals surface area (Å²) in [6.07, 6.45) is 4.71. The van der Waals surface area contributed by atoms with Gasteiger partial charge in [0.1, 0.15) is 0 Å². The van der Waals surface area contributed by atoms with Gasteiger partial charge in [0, 0.05) is 24.7 Å². The highest BCUT2D eigenvalue weighted by molar-refractivity contribution is 5.94. The van der Waals surface area contributed by atoms with E-state index in [4.69, 9.17) is 5.73 Å². The summed E-state index contributed by atoms with van der Waals surface area (Å²) in [5.74, 6) is 0.160. The highest BCUT2D eigenvalue weighted by Crippen LogP contribution is 2.19. The molecule has 1 aliphatic rings. The number of hydrogen-bond acceptors (Lipinski definition) is 2. The fourth-order valence-corrected chi connectivity index (χ4v) is 2.53. The second-order valence-corrected chi connectivity index (χ2v) is 5.10. The Labute approximate surface area is 109 Å². The molecule has 98 valence electrons. The second-order valence-electron chi connectivity index (χ2n) is 5.10. The van der Waals surface area contributed by atoms with Gasteiger partial charge in [-0.15, -0.1) is 0 Å². The highest BCUT2D eigenvalue weighted by atomic mass is 16.2. The minimum absolute atomic E-state index is 0.160. The van der Waals surface area contributed by atoms with E-state index < -0.39 is 0 Å². The van der Waals surface area contributed by atoms with Crippen LogP contribution in [0.15, 0.2) is 24.3 Å². The molecule has 1 amide bonds. The van der Waals surface area contributed by atoms with Crippen LogP contribution in [0.2, 0.25) is 0 Å². The van der Waals surface area contributed by atoms with Crippen LogP contribution in [0.5, 0.6) is 0 Å². The molecule has 0 aromatic heterocycles. The number of benzene rings is 1. The summed E-state index contributed by atoms with van der Waals surface area (Å²) in [5, 5.41) is 0. The van der Waals surface area contributed by atoms with E-state index in [0.29, 0.717) is 12.6 Å². The first kappa shape index (κ1) is 13.1. The van der Waals surface area contributed by atoms with Gasteiger partial charge >= 0.3 is 0 Å². The highest BCUT2D eigenvalue weighted by Gasteiger charge is 2.22. The number of amides is 1. The van der Waals surface area contributed by atoms with Gasteiger partial charge < -0.3 is 10.6 Å². The van der Waals surface area contributed by atoms with Gasteiger partial charge in [-0.2, -0.15) is 0 Å². The lowest BCUT2D eigenvalue weighted by Crippen LogP contribution is -2.38. The molecule has 0 aliphatic carbocycles. The van der Waals surface area contributed by atoms with E-state index in [1.165, 1.54) is 12.8 Å². The zero-order chi connectivity index (χ0) is 13.0. The first-order valence-electron chi connectivity index (χ1n) is 6.82. The molecule has 1 aromatic carbocycles. The van der Waals surface area contributed by atoms with Gasteiger partial charge in [0.2, 0.25) is 0 Å². The van der Waals surface area contributed by atoms with Crippen LogP contribution in [0.3, 0.4) is 0 Å². The van der Waals surface area contributed by atoms with Gasteiger partial charge in [-0.1, -0.05) is 25.0 Å². The number of nitrogens with zero attached hydrogens (tertiary/aromatic N) is 1. The normalized spacial score (nSPS) is 20.6. The van der Waals surface area contributed by atoms with Crippen LogP contribution in [0.25, 0.3) is 0 Å². The molecule has 1 aromatic rings. The van der Waals surface area contributed by atoms with Crippen LogP contribution >= 0.6 is 0 Å². The van der Waals surface area contributed by atoms with Crippen LogP contribution in [0.4, 0.5) is 0 Å². The smallest absolute Gasteiger partial charge is 0.254 e. The van der Waals surface area contributed by atoms with E-state index in [1.54, 1.807) is 0 Å². The van der Waals surface area contributed by atoms with E-state index in [1.807, 2.05) is 29.2 Å². The SMILES string of the molecule is CC1CCCCCN1C(=O)c1ccc(CN)cc1. The third kappa shape index (κ3) is 2.91. The predicted octanol–water partition coefficient (Wildman–Crippen LogP) is 2.55. The summed E-state index contributed by atoms with van der Waals surface area (Å²) in [6, 6.07) is 8.02. The van der Waals surface area contributed by atoms with Gasteiger partial charge in [0.25, 0.3) is 5.91 Å². The molecule has 1 fully saturated rings. The Morgan fingerprint density at radius 2 is 2.00 bits per heavy atom. The maximum atomic E-state index is 12.5. The Kier molecular flexibility index (Phi) is 4.37. The van der Waals surface area contributed by atoms with E-state index in [2.05, 4.69) is 6.92 Å². The van der Waals surface area contributed by atoms with Crippen molar-refractivity contribution in [3.05, 3.63) is 35.4 Å². The first-order valence-corrected chi connectivity index (χ1v) is 6.82. The molecule has 2 rings (SSSR count). The summed E-state index contributed by atoms with van der Waals surface area (Å²) in [5.41, 5.74) is 7.41. The predicted molar refractivity (Wildman–Crippen MR) is 73.3 cm³/mol. The molecular formula is C15H22N2O. The van der Waals surface area contributed by atoms with Crippen molar-refractivity contribution in [1.82, 2.24) is 4.90 Å². The Morgan fingerprint density at radius 1 is 1.28 bits per heavy atom. The van der Waals surface area contributed by atoms with Crippen molar-refractivity contribution < 1.29 is 4.79 Å². The van der Waals surface area contributed by atoms with Gasteiger partial charge in [-0.05, 0) is 37.5 Å². The average Bonchev–Trinajstić information content (AvgIpc) is 2.63. The van der Waals surface area contributed by atoms with Crippen molar-refractivity contribution in [3.8, 4) is 0 Å². The summed E-state index contributed by atoms with van der Waals surface area (Å²) in [4.78, 5) is 14.5. The third-order valence-corrected chi connectivity index (χ3v) is 3.75. The molecule has 0 saturated carbocycles. The van der Waals surface area contributed by atoms with Crippen molar-refractivity contribution in [2.75, 3.05) is 6.54 Å². The van der Waals surface area contributed by atoms with Gasteiger partial charge in [-0.3, -0.25) is 4.79 Å². The summed E-state index contributed by atoms with van der Waals surface area (Å²) in [6.45, 7) is 3.56. The van der Waals surface area contributed by atoms with Crippen molar-refractivity contribution in [3.63, 3.8) is 0 Å². The topological polar surface area (TPSA) is 46.3 Å². The number of carbonyl (C=O) groups excluding carboxylic acids is 1. The summed E-state index contributed by atoms with van der Waals surface area (Å²) < 4.78 is 0. The van der Waals surface area contributed by atoms with Crippen molar-refractivity contribution >= 4 is 5.91 Å². The number of rotatable bonds is 2. The summed E-state index contributed by atoms with van der Waals surface area (Å²) >= 11 is 0. The molecule has 1 saturated heterocycles. The maximum absolute atomic E-state index is 12.5. The van der Waals surface area contributed by atoms with Crippen molar-refractivity contribution in [2.45, 2.75) is 45.2 Å². The zero-order valence-corrected chi connectivity index (χ0v) is 11.1. The molecule has 18 heavy (non-hydrogen) atoms. The van der Waals surface area contributed by atoms with Crippen LogP contribution in [-0.2, 0) is 6.54 Å². The van der Waals surface area contributed by atoms with E-state index in [9.17, 15) is 4.79 Å². The van der Waals surface area contributed by atoms with E-state index in [-0.39, 0.29) is 5.91 Å². The average molecular weight is 246 g/mol. The molecule has 0 bridgehead atoms. The standard InChI is InChI=1S/C15H22N2O/c1-12-5-3-2-4-10-17(12)15(18)14-8-6-13(11-16)7-9-14/h6-9,12H,2-5,10-11,16H2,1H3. The minimum atomic E-state index is 0.160. The van der Waals surface area contributed by atoms with E-state index in [0.717, 1.165) is 30.5 Å². The molecule has 2 N–H and O–H groups in total. The second kappa shape index (κ2) is 6.01. The van der Waals surface area contributed by atoms with Crippen LogP contribution in [0, 0.1) is 0 Å². The first-order chi connectivity index (χ1) is 8.72. The molecule has 1 aliphatic heterocycles. The number of likely N-dealkylation sites (tertiary alicyclic amines) is 1. The quantitative estimate of drug-likeness (QED) is 0.871. The zero-order valence-electron chi connectivity index (χ0n) is 11.1. The van der Waals surface area contributed by atoms with Crippen LogP contribution < -0.4 is 5.73 Å². The Hall–Kier alpha value is -1.35. The summed E-state index contributed by atoms with van der Waals surface area (Å²) in [7, 11) is 0. The molecule has 1 unspecified atom stereocenters. The maximum Gasteiger partial charge on any atom is 0.254 e. The molecule has 1 atom stereocenters. The van der Waals surface area contributed by atoms with Gasteiger partial charge in [-0.25, -0.2) is 0 Å². The molecule has 3 nitrogen and oxygen atoms in total. The van der Waals surface area contributed by atoms with Gasteiger partial charge in [0.05, 0.1) is 0 Å². The monoisotopic (exact) mass is 246 g/mol. The third-order valence-electron chi connectivity index (χ3n) is 3.75. The number of nitrogens with two attached hydrogens (primary N) is 1. The van der Waals surface area contributed by atoms with E-state index >= 15 is 0 Å². The lowest BCUT2D eigenvalue weighted by Gasteiger charge is -2.27. The number of carbonyl (C=O) groups is 1.